The minimum atomic E-state index is -0.644. The third-order valence-corrected chi connectivity index (χ3v) is 6.87. The molecule has 0 radical (unpaired) electrons. The lowest BCUT2D eigenvalue weighted by Gasteiger charge is -2.26. The number of likely N-dealkylation sites (tertiary alicyclic amines) is 1. The molecule has 2 aromatic rings. The van der Waals surface area contributed by atoms with Crippen LogP contribution in [-0.2, 0) is 20.7 Å². The van der Waals surface area contributed by atoms with Crippen molar-refractivity contribution in [2.45, 2.75) is 44.4 Å². The predicted octanol–water partition coefficient (Wildman–Crippen LogP) is 3.67. The molecule has 4 heterocycles. The van der Waals surface area contributed by atoms with Crippen LogP contribution < -0.4 is 4.74 Å². The van der Waals surface area contributed by atoms with E-state index in [1.165, 1.54) is 11.3 Å². The summed E-state index contributed by atoms with van der Waals surface area (Å²) in [6.45, 7) is 3.01. The third kappa shape index (κ3) is 3.22. The summed E-state index contributed by atoms with van der Waals surface area (Å²) >= 11 is 1.47. The minimum absolute atomic E-state index is 0.0793. The number of aliphatic hydroxyl groups is 1. The molecule has 2 fully saturated rings. The number of aliphatic hydroxyl groups excluding tert-OH is 1. The molecule has 0 bridgehead atoms. The van der Waals surface area contributed by atoms with Crippen molar-refractivity contribution in [2.24, 2.45) is 0 Å². The number of amides is 1. The van der Waals surface area contributed by atoms with Crippen LogP contribution in [0.2, 0.25) is 0 Å². The van der Waals surface area contributed by atoms with Gasteiger partial charge in [-0.2, -0.15) is 0 Å². The normalized spacial score (nSPS) is 27.5. The van der Waals surface area contributed by atoms with Gasteiger partial charge in [-0.1, -0.05) is 6.07 Å². The zero-order valence-corrected chi connectivity index (χ0v) is 17.5. The minimum Gasteiger partial charge on any atom is -0.507 e. The number of nitrogens with zero attached hydrogens (tertiary/aromatic N) is 1. The molecule has 1 N–H and O–H groups in total. The lowest BCUT2D eigenvalue weighted by Crippen LogP contribution is -2.36. The maximum Gasteiger partial charge on any atom is 0.295 e. The summed E-state index contributed by atoms with van der Waals surface area (Å²) in [5.74, 6) is -0.561. The molecule has 1 aromatic carbocycles. The number of hydrogen-bond acceptors (Lipinski definition) is 6. The smallest absolute Gasteiger partial charge is 0.295 e. The number of ether oxygens (including phenoxy) is 2. The number of fused-ring (bicyclic) bond motifs is 1. The highest BCUT2D eigenvalue weighted by Crippen LogP contribution is 2.42. The second kappa shape index (κ2) is 7.56. The zero-order valence-electron chi connectivity index (χ0n) is 16.7. The van der Waals surface area contributed by atoms with Crippen LogP contribution in [0.25, 0.3) is 5.76 Å². The number of Topliss-reactive ketones (excluding diaryl/α,β-unsaturated/α-hetero) is 1. The summed E-state index contributed by atoms with van der Waals surface area (Å²) in [6.07, 6.45) is 2.57. The summed E-state index contributed by atoms with van der Waals surface area (Å²) < 4.78 is 11.4. The Morgan fingerprint density at radius 3 is 2.90 bits per heavy atom. The summed E-state index contributed by atoms with van der Waals surface area (Å²) in [5.41, 5.74) is 1.67. The van der Waals surface area contributed by atoms with Crippen molar-refractivity contribution in [2.75, 3.05) is 13.2 Å². The van der Waals surface area contributed by atoms with E-state index in [2.05, 4.69) is 0 Å². The molecular formula is C23H23NO5S. The summed E-state index contributed by atoms with van der Waals surface area (Å²) in [6, 6.07) is 8.60. The Morgan fingerprint density at radius 1 is 1.30 bits per heavy atom. The van der Waals surface area contributed by atoms with E-state index in [1.807, 2.05) is 36.6 Å². The van der Waals surface area contributed by atoms with Crippen LogP contribution in [0.5, 0.6) is 5.75 Å². The number of thiophene rings is 1. The lowest BCUT2D eigenvalue weighted by molar-refractivity contribution is -0.140. The second-order valence-electron chi connectivity index (χ2n) is 8.06. The fourth-order valence-corrected chi connectivity index (χ4v) is 5.39. The van der Waals surface area contributed by atoms with Crippen LogP contribution in [0, 0.1) is 0 Å². The van der Waals surface area contributed by atoms with Crippen molar-refractivity contribution >= 4 is 28.8 Å². The summed E-state index contributed by atoms with van der Waals surface area (Å²) in [7, 11) is 0. The van der Waals surface area contributed by atoms with Crippen molar-refractivity contribution in [3.8, 4) is 5.75 Å². The zero-order chi connectivity index (χ0) is 20.8. The predicted molar refractivity (Wildman–Crippen MR) is 113 cm³/mol. The number of hydrogen-bond donors (Lipinski definition) is 1. The fourth-order valence-electron chi connectivity index (χ4n) is 4.54. The Bertz CT molecular complexity index is 1020. The van der Waals surface area contributed by atoms with Gasteiger partial charge in [0, 0.05) is 30.0 Å². The van der Waals surface area contributed by atoms with Crippen molar-refractivity contribution in [3.63, 3.8) is 0 Å². The fraction of sp³-hybridized carbons (Fsp3) is 0.391. The van der Waals surface area contributed by atoms with E-state index in [0.29, 0.717) is 18.7 Å². The van der Waals surface area contributed by atoms with E-state index in [-0.39, 0.29) is 23.5 Å². The van der Waals surface area contributed by atoms with Gasteiger partial charge in [0.1, 0.15) is 17.6 Å². The number of benzene rings is 1. The van der Waals surface area contributed by atoms with Crippen LogP contribution in [0.4, 0.5) is 0 Å². The molecule has 5 rings (SSSR count). The Labute approximate surface area is 178 Å². The van der Waals surface area contributed by atoms with E-state index in [0.717, 1.165) is 35.5 Å². The monoisotopic (exact) mass is 425 g/mol. The summed E-state index contributed by atoms with van der Waals surface area (Å²) in [4.78, 5) is 28.4. The SMILES string of the molecule is C[C@H]1Cc2cc(C(O)=C3C(=O)C(=O)N(C[C@@H]4CCCO4)[C@@H]3c3cccs3)ccc2O1. The van der Waals surface area contributed by atoms with Crippen molar-refractivity contribution < 1.29 is 24.2 Å². The lowest BCUT2D eigenvalue weighted by atomic mass is 9.98. The first-order valence-corrected chi connectivity index (χ1v) is 11.1. The van der Waals surface area contributed by atoms with E-state index in [9.17, 15) is 14.7 Å². The Kier molecular flexibility index (Phi) is 4.87. The highest BCUT2D eigenvalue weighted by atomic mass is 32.1. The van der Waals surface area contributed by atoms with Crippen molar-refractivity contribution in [1.29, 1.82) is 0 Å². The quantitative estimate of drug-likeness (QED) is 0.460. The van der Waals surface area contributed by atoms with Gasteiger partial charge in [0.2, 0.25) is 0 Å². The number of ketones is 1. The highest BCUT2D eigenvalue weighted by Gasteiger charge is 2.47. The first-order valence-electron chi connectivity index (χ1n) is 10.3. The highest BCUT2D eigenvalue weighted by molar-refractivity contribution is 7.10. The van der Waals surface area contributed by atoms with Crippen LogP contribution >= 0.6 is 11.3 Å². The second-order valence-corrected chi connectivity index (χ2v) is 9.04. The molecule has 156 valence electrons. The van der Waals surface area contributed by atoms with E-state index in [1.54, 1.807) is 11.0 Å². The molecule has 7 heteroatoms. The van der Waals surface area contributed by atoms with Gasteiger partial charge in [-0.25, -0.2) is 0 Å². The molecule has 2 saturated heterocycles. The number of rotatable bonds is 4. The average Bonchev–Trinajstić information content (AvgIpc) is 3.51. The molecule has 0 aliphatic carbocycles. The topological polar surface area (TPSA) is 76.1 Å². The summed E-state index contributed by atoms with van der Waals surface area (Å²) in [5, 5.41) is 13.1. The molecule has 0 spiro atoms. The number of carbonyl (C=O) groups is 2. The van der Waals surface area contributed by atoms with E-state index < -0.39 is 17.7 Å². The van der Waals surface area contributed by atoms with Crippen molar-refractivity contribution in [3.05, 3.63) is 57.3 Å². The van der Waals surface area contributed by atoms with Gasteiger partial charge < -0.3 is 19.5 Å². The molecule has 0 saturated carbocycles. The Balaban J connectivity index is 1.57. The molecule has 6 nitrogen and oxygen atoms in total. The van der Waals surface area contributed by atoms with Gasteiger partial charge in [-0.05, 0) is 55.0 Å². The molecule has 1 amide bonds. The van der Waals surface area contributed by atoms with Crippen LogP contribution in [-0.4, -0.2) is 47.1 Å². The third-order valence-electron chi connectivity index (χ3n) is 5.95. The van der Waals surface area contributed by atoms with Gasteiger partial charge in [0.25, 0.3) is 11.7 Å². The largest absolute Gasteiger partial charge is 0.507 e. The Morgan fingerprint density at radius 2 is 2.17 bits per heavy atom. The van der Waals surface area contributed by atoms with Crippen LogP contribution in [0.1, 0.15) is 41.8 Å². The van der Waals surface area contributed by atoms with E-state index >= 15 is 0 Å². The molecule has 3 atom stereocenters. The van der Waals surface area contributed by atoms with Gasteiger partial charge in [0.15, 0.2) is 0 Å². The Hall–Kier alpha value is -2.64. The maximum atomic E-state index is 13.0. The molecule has 0 unspecified atom stereocenters. The van der Waals surface area contributed by atoms with Gasteiger partial charge in [-0.15, -0.1) is 11.3 Å². The molecular weight excluding hydrogens is 402 g/mol. The van der Waals surface area contributed by atoms with Gasteiger partial charge in [0.05, 0.1) is 17.7 Å². The molecule has 30 heavy (non-hydrogen) atoms. The van der Waals surface area contributed by atoms with E-state index in [4.69, 9.17) is 9.47 Å². The van der Waals surface area contributed by atoms with Crippen LogP contribution in [0.3, 0.4) is 0 Å². The molecule has 1 aromatic heterocycles. The molecule has 3 aliphatic rings. The molecule has 3 aliphatic heterocycles. The maximum absolute atomic E-state index is 13.0. The average molecular weight is 426 g/mol. The van der Waals surface area contributed by atoms with Gasteiger partial charge in [-0.3, -0.25) is 9.59 Å². The van der Waals surface area contributed by atoms with Crippen molar-refractivity contribution in [1.82, 2.24) is 4.90 Å². The standard InChI is InChI=1S/C23H23NO5S/c1-13-10-15-11-14(6-7-17(15)29-13)21(25)19-20(18-5-3-9-30-18)24(23(27)22(19)26)12-16-4-2-8-28-16/h3,5-7,9,11,13,16,20,25H,2,4,8,10,12H2,1H3/t13-,16-,20+/m0/s1. The first kappa shape index (κ1) is 19.3. The number of carbonyl (C=O) groups excluding carboxylic acids is 2. The first-order chi connectivity index (χ1) is 14.5. The van der Waals surface area contributed by atoms with Gasteiger partial charge >= 0.3 is 0 Å². The van der Waals surface area contributed by atoms with Crippen LogP contribution in [0.15, 0.2) is 41.3 Å².